The Morgan fingerprint density at radius 1 is 1.24 bits per heavy atom. The van der Waals surface area contributed by atoms with E-state index in [0.717, 1.165) is 24.4 Å². The minimum Gasteiger partial charge on any atom is -0.497 e. The van der Waals surface area contributed by atoms with Gasteiger partial charge < -0.3 is 12.2 Å². The number of rotatable bonds is 6. The molecular weight excluding hydrogens is 604 g/mol. The van der Waals surface area contributed by atoms with Crippen molar-refractivity contribution < 1.29 is 40.6 Å². The number of carbonyl (C=O) groups excluding carboxylic acids is 1. The van der Waals surface area contributed by atoms with Gasteiger partial charge >= 0.3 is 31.1 Å². The van der Waals surface area contributed by atoms with Crippen LogP contribution in [0.1, 0.15) is 30.1 Å². The number of hydrogen-bond donors (Lipinski definition) is 0. The monoisotopic (exact) mass is 633 g/mol. The number of carbonyl (C=O) groups is 1. The van der Waals surface area contributed by atoms with Gasteiger partial charge in [0.25, 0.3) is 0 Å². The summed E-state index contributed by atoms with van der Waals surface area (Å²) in [5, 5.41) is 0.682. The molecule has 1 aliphatic carbocycles. The van der Waals surface area contributed by atoms with Gasteiger partial charge in [0.05, 0.1) is 13.7 Å². The van der Waals surface area contributed by atoms with Gasteiger partial charge in [-0.1, -0.05) is 6.92 Å². The van der Waals surface area contributed by atoms with Crippen molar-refractivity contribution in [1.29, 1.82) is 0 Å². The summed E-state index contributed by atoms with van der Waals surface area (Å²) in [4.78, 5) is 16.3. The Kier molecular flexibility index (Phi) is 8.91. The Morgan fingerprint density at radius 3 is 2.55 bits per heavy atom. The van der Waals surface area contributed by atoms with Crippen LogP contribution in [0, 0.1) is 55.9 Å². The summed E-state index contributed by atoms with van der Waals surface area (Å²) in [6.07, 6.45) is 2.47. The van der Waals surface area contributed by atoms with Gasteiger partial charge in [0.2, 0.25) is 0 Å². The van der Waals surface area contributed by atoms with Crippen LogP contribution in [-0.4, -0.2) is 42.7 Å². The smallest absolute Gasteiger partial charge is 0.497 e. The molecule has 0 bridgehead atoms. The van der Waals surface area contributed by atoms with Crippen molar-refractivity contribution in [1.82, 2.24) is 4.90 Å². The number of ether oxygens (including phenoxy) is 1. The van der Waals surface area contributed by atoms with Crippen LogP contribution in [-0.2, 0) is 0 Å². The van der Waals surface area contributed by atoms with E-state index in [4.69, 9.17) is 4.74 Å². The fourth-order valence-electron chi connectivity index (χ4n) is 4.67. The van der Waals surface area contributed by atoms with Crippen LogP contribution in [0.5, 0.6) is 5.75 Å². The summed E-state index contributed by atoms with van der Waals surface area (Å²) in [5.74, 6) is 1.68. The molecule has 0 aromatic heterocycles. The predicted molar refractivity (Wildman–Crippen MR) is 116 cm³/mol. The van der Waals surface area contributed by atoms with E-state index in [1.807, 2.05) is 48.2 Å². The topological polar surface area (TPSA) is 29.5 Å². The van der Waals surface area contributed by atoms with E-state index in [-0.39, 0.29) is 44.3 Å². The number of fused-ring (bicyclic) bond motifs is 1. The molecule has 2 aromatic rings. The van der Waals surface area contributed by atoms with Crippen LogP contribution in [0.25, 0.3) is 0 Å². The van der Waals surface area contributed by atoms with Gasteiger partial charge in [0.15, 0.2) is 5.78 Å². The van der Waals surface area contributed by atoms with E-state index in [1.165, 1.54) is 17.7 Å². The molecule has 0 amide bonds. The third kappa shape index (κ3) is 5.70. The first-order valence-electron chi connectivity index (χ1n) is 9.58. The standard InChI is InChI=1S/C23H26NO2S.CH3.U/c1-23-13-21(27-20-6-4-3-5-7-20)12-18(23)14-24(16-23)15-22(25)17-8-10-19(26-2)11-9-17;;/h4-11,18,21H,12-16H2,1-2H3;1H3;/q2*-1;+2/t18-,21+,23+;;/m1../s1. The van der Waals surface area contributed by atoms with Crippen LogP contribution in [0.3, 0.4) is 0 Å². The molecule has 2 fully saturated rings. The minimum atomic E-state index is 0. The Hall–Kier alpha value is -0.728. The first-order chi connectivity index (χ1) is 13.1. The molecule has 0 radical (unpaired) electrons. The zero-order valence-electron chi connectivity index (χ0n) is 17.5. The summed E-state index contributed by atoms with van der Waals surface area (Å²) >= 11 is 2.00. The van der Waals surface area contributed by atoms with Crippen molar-refractivity contribution in [2.75, 3.05) is 26.7 Å². The molecule has 4 rings (SSSR count). The zero-order chi connectivity index (χ0) is 18.9. The number of likely N-dealkylation sites (tertiary alicyclic amines) is 1. The maximum Gasteiger partial charge on any atom is 2.00 e. The van der Waals surface area contributed by atoms with Gasteiger partial charge in [-0.2, -0.15) is 30.3 Å². The quantitative estimate of drug-likeness (QED) is 0.330. The fourth-order valence-corrected chi connectivity index (χ4v) is 6.14. The number of thioether (sulfide) groups is 1. The van der Waals surface area contributed by atoms with E-state index >= 15 is 0 Å². The van der Waals surface area contributed by atoms with Gasteiger partial charge in [-0.3, -0.25) is 9.69 Å². The Bertz CT molecular complexity index is 798. The summed E-state index contributed by atoms with van der Waals surface area (Å²) in [6.45, 7) is 5.00. The molecule has 0 N–H and O–H groups in total. The van der Waals surface area contributed by atoms with Crippen LogP contribution in [0.4, 0.5) is 0 Å². The molecule has 1 aliphatic heterocycles. The van der Waals surface area contributed by atoms with E-state index in [1.54, 1.807) is 7.11 Å². The van der Waals surface area contributed by atoms with Gasteiger partial charge in [0, 0.05) is 23.9 Å². The van der Waals surface area contributed by atoms with Crippen molar-refractivity contribution in [3.05, 3.63) is 67.6 Å². The average molecular weight is 634 g/mol. The molecule has 0 unspecified atom stereocenters. The number of Topliss-reactive ketones (excluding diaryl/α,β-unsaturated/α-hetero) is 1. The number of methoxy groups -OCH3 is 1. The van der Waals surface area contributed by atoms with E-state index in [9.17, 15) is 4.79 Å². The second kappa shape index (κ2) is 10.5. The van der Waals surface area contributed by atoms with Crippen LogP contribution in [0.2, 0.25) is 0 Å². The van der Waals surface area contributed by atoms with Gasteiger partial charge in [-0.05, 0) is 48.4 Å². The van der Waals surface area contributed by atoms with Gasteiger partial charge in [-0.15, -0.1) is 16.7 Å². The van der Waals surface area contributed by atoms with Crippen molar-refractivity contribution in [2.24, 2.45) is 11.3 Å². The molecule has 3 nitrogen and oxygen atoms in total. The van der Waals surface area contributed by atoms with Crippen molar-refractivity contribution in [2.45, 2.75) is 29.9 Å². The first kappa shape index (κ1) is 24.5. The second-order valence-corrected chi connectivity index (χ2v) is 9.46. The van der Waals surface area contributed by atoms with Gasteiger partial charge in [0.1, 0.15) is 5.75 Å². The predicted octanol–water partition coefficient (Wildman–Crippen LogP) is 5.02. The summed E-state index contributed by atoms with van der Waals surface area (Å²) in [7, 11) is 1.64. The largest absolute Gasteiger partial charge is 2.00 e. The maximum atomic E-state index is 12.6. The fraction of sp³-hybridized carbons (Fsp3) is 0.417. The van der Waals surface area contributed by atoms with Crippen molar-refractivity contribution >= 4 is 17.5 Å². The molecule has 152 valence electrons. The van der Waals surface area contributed by atoms with E-state index in [2.05, 4.69) is 30.0 Å². The normalized spacial score (nSPS) is 25.6. The molecule has 29 heavy (non-hydrogen) atoms. The number of ketones is 1. The maximum absolute atomic E-state index is 12.6. The number of benzene rings is 2. The van der Waals surface area contributed by atoms with Crippen molar-refractivity contribution in [3.8, 4) is 5.75 Å². The molecule has 2 aliphatic rings. The first-order valence-corrected chi connectivity index (χ1v) is 10.5. The molecule has 1 heterocycles. The molecule has 3 atom stereocenters. The molecule has 2 aromatic carbocycles. The molecule has 1 saturated carbocycles. The molecular formula is C24H29NO2SU. The second-order valence-electron chi connectivity index (χ2n) is 8.09. The summed E-state index contributed by atoms with van der Waals surface area (Å²) < 4.78 is 5.17. The van der Waals surface area contributed by atoms with E-state index < -0.39 is 0 Å². The third-order valence-corrected chi connectivity index (χ3v) is 7.30. The Morgan fingerprint density at radius 2 is 1.93 bits per heavy atom. The molecule has 5 heteroatoms. The van der Waals surface area contributed by atoms with E-state index in [0.29, 0.717) is 23.1 Å². The summed E-state index contributed by atoms with van der Waals surface area (Å²) in [6, 6.07) is 18.8. The minimum absolute atomic E-state index is 0. The van der Waals surface area contributed by atoms with Crippen LogP contribution in [0.15, 0.2) is 53.4 Å². The summed E-state index contributed by atoms with van der Waals surface area (Å²) in [5.41, 5.74) is 1.10. The van der Waals surface area contributed by atoms with Crippen LogP contribution < -0.4 is 4.74 Å². The third-order valence-electron chi connectivity index (χ3n) is 6.06. The van der Waals surface area contributed by atoms with Crippen LogP contribution >= 0.6 is 11.8 Å². The Balaban J connectivity index is 0.00000150. The number of nitrogens with zero attached hydrogens (tertiary/aromatic N) is 1. The Labute approximate surface area is 203 Å². The van der Waals surface area contributed by atoms with Crippen molar-refractivity contribution in [3.63, 3.8) is 0 Å². The average Bonchev–Trinajstić information content (AvgIpc) is 3.12. The SMILES string of the molecule is COc1ccc(C(=O)CN2C[C@H]3C[C@H](Sc4cc[c-]cc4)C[C@@]3(C)C2)cc1.[CH3-].[U+2]. The molecule has 0 spiro atoms. The number of hydrogen-bond acceptors (Lipinski definition) is 4. The van der Waals surface area contributed by atoms with Gasteiger partial charge in [-0.25, -0.2) is 0 Å². The zero-order valence-corrected chi connectivity index (χ0v) is 22.5. The molecule has 1 saturated heterocycles.